The lowest BCUT2D eigenvalue weighted by Gasteiger charge is -2.21. The van der Waals surface area contributed by atoms with Crippen LogP contribution in [0.25, 0.3) is 0 Å². The van der Waals surface area contributed by atoms with Gasteiger partial charge in [-0.2, -0.15) is 0 Å². The molecule has 2 aromatic rings. The van der Waals surface area contributed by atoms with Crippen molar-refractivity contribution in [3.63, 3.8) is 0 Å². The van der Waals surface area contributed by atoms with E-state index >= 15 is 0 Å². The molecule has 3 rings (SSSR count). The molecule has 0 aliphatic carbocycles. The summed E-state index contributed by atoms with van der Waals surface area (Å²) in [5, 5.41) is 7.12. The lowest BCUT2D eigenvalue weighted by molar-refractivity contribution is 0.636. The summed E-state index contributed by atoms with van der Waals surface area (Å²) < 4.78 is 0. The monoisotopic (exact) mass is 253 g/mol. The van der Waals surface area contributed by atoms with Crippen LogP contribution in [0.5, 0.6) is 0 Å². The molecule has 19 heavy (non-hydrogen) atoms. The SMILES string of the molecule is Cc1ccncc1NC1CCNCc2ccccc21. The second-order valence-electron chi connectivity index (χ2n) is 5.05. The van der Waals surface area contributed by atoms with E-state index in [4.69, 9.17) is 0 Å². The number of aryl methyl sites for hydroxylation is 1. The van der Waals surface area contributed by atoms with E-state index in [0.29, 0.717) is 6.04 Å². The van der Waals surface area contributed by atoms with Gasteiger partial charge in [-0.05, 0) is 42.6 Å². The van der Waals surface area contributed by atoms with Gasteiger partial charge in [-0.3, -0.25) is 4.98 Å². The minimum atomic E-state index is 0.356. The van der Waals surface area contributed by atoms with Crippen LogP contribution in [0.15, 0.2) is 42.7 Å². The molecule has 0 saturated carbocycles. The average Bonchev–Trinajstić information content (AvgIpc) is 2.64. The quantitative estimate of drug-likeness (QED) is 0.863. The van der Waals surface area contributed by atoms with Gasteiger partial charge in [-0.15, -0.1) is 0 Å². The smallest absolute Gasteiger partial charge is 0.0561 e. The van der Waals surface area contributed by atoms with Crippen molar-refractivity contribution in [2.75, 3.05) is 11.9 Å². The van der Waals surface area contributed by atoms with E-state index in [1.165, 1.54) is 16.7 Å². The molecular weight excluding hydrogens is 234 g/mol. The van der Waals surface area contributed by atoms with E-state index in [1.807, 2.05) is 18.5 Å². The minimum Gasteiger partial charge on any atom is -0.377 e. The van der Waals surface area contributed by atoms with Gasteiger partial charge in [0.15, 0.2) is 0 Å². The summed E-state index contributed by atoms with van der Waals surface area (Å²) in [4.78, 5) is 4.21. The number of pyridine rings is 1. The maximum atomic E-state index is 4.21. The first-order chi connectivity index (χ1) is 9.34. The molecular formula is C16H19N3. The number of hydrogen-bond donors (Lipinski definition) is 2. The third kappa shape index (κ3) is 2.61. The lowest BCUT2D eigenvalue weighted by atomic mass is 9.99. The highest BCUT2D eigenvalue weighted by Gasteiger charge is 2.18. The number of anilines is 1. The molecule has 1 aliphatic rings. The Morgan fingerprint density at radius 2 is 2.16 bits per heavy atom. The number of hydrogen-bond acceptors (Lipinski definition) is 3. The molecule has 3 heteroatoms. The van der Waals surface area contributed by atoms with Crippen LogP contribution in [0.4, 0.5) is 5.69 Å². The Morgan fingerprint density at radius 1 is 1.26 bits per heavy atom. The summed E-state index contributed by atoms with van der Waals surface area (Å²) in [6.45, 7) is 4.11. The predicted molar refractivity (Wildman–Crippen MR) is 78.1 cm³/mol. The van der Waals surface area contributed by atoms with Gasteiger partial charge in [-0.1, -0.05) is 24.3 Å². The van der Waals surface area contributed by atoms with Gasteiger partial charge in [0.2, 0.25) is 0 Å². The molecule has 1 aromatic carbocycles. The Balaban J connectivity index is 1.91. The molecule has 1 unspecified atom stereocenters. The van der Waals surface area contributed by atoms with Gasteiger partial charge in [0, 0.05) is 12.7 Å². The van der Waals surface area contributed by atoms with Crippen molar-refractivity contribution in [3.8, 4) is 0 Å². The molecule has 1 atom stereocenters. The minimum absolute atomic E-state index is 0.356. The van der Waals surface area contributed by atoms with Gasteiger partial charge >= 0.3 is 0 Å². The maximum Gasteiger partial charge on any atom is 0.0561 e. The molecule has 0 fully saturated rings. The number of fused-ring (bicyclic) bond motifs is 1. The largest absolute Gasteiger partial charge is 0.377 e. The summed E-state index contributed by atoms with van der Waals surface area (Å²) in [5.74, 6) is 0. The van der Waals surface area contributed by atoms with Crippen molar-refractivity contribution < 1.29 is 0 Å². The summed E-state index contributed by atoms with van der Waals surface area (Å²) in [7, 11) is 0. The highest BCUT2D eigenvalue weighted by atomic mass is 15.0. The van der Waals surface area contributed by atoms with Gasteiger partial charge in [0.1, 0.15) is 0 Å². The highest BCUT2D eigenvalue weighted by molar-refractivity contribution is 5.50. The normalized spacial score (nSPS) is 18.5. The molecule has 0 bridgehead atoms. The van der Waals surface area contributed by atoms with Crippen molar-refractivity contribution >= 4 is 5.69 Å². The fraction of sp³-hybridized carbons (Fsp3) is 0.312. The Morgan fingerprint density at radius 3 is 3.05 bits per heavy atom. The molecule has 1 aromatic heterocycles. The number of nitrogens with one attached hydrogen (secondary N) is 2. The molecule has 1 aliphatic heterocycles. The highest BCUT2D eigenvalue weighted by Crippen LogP contribution is 2.28. The van der Waals surface area contributed by atoms with Crippen molar-refractivity contribution in [2.45, 2.75) is 25.9 Å². The first kappa shape index (κ1) is 12.2. The zero-order valence-corrected chi connectivity index (χ0v) is 11.2. The van der Waals surface area contributed by atoms with Crippen molar-refractivity contribution in [1.29, 1.82) is 0 Å². The fourth-order valence-electron chi connectivity index (χ4n) is 2.61. The zero-order chi connectivity index (χ0) is 13.1. The summed E-state index contributed by atoms with van der Waals surface area (Å²) in [5.41, 5.74) is 5.16. The number of aromatic nitrogens is 1. The Kier molecular flexibility index (Phi) is 3.47. The van der Waals surface area contributed by atoms with Crippen LogP contribution in [-0.4, -0.2) is 11.5 Å². The topological polar surface area (TPSA) is 37.0 Å². The number of benzene rings is 1. The molecule has 0 saturated heterocycles. The van der Waals surface area contributed by atoms with E-state index in [-0.39, 0.29) is 0 Å². The maximum absolute atomic E-state index is 4.21. The Labute approximate surface area is 114 Å². The van der Waals surface area contributed by atoms with E-state index < -0.39 is 0 Å². The zero-order valence-electron chi connectivity index (χ0n) is 11.2. The van der Waals surface area contributed by atoms with Gasteiger partial charge in [0.25, 0.3) is 0 Å². The van der Waals surface area contributed by atoms with Crippen molar-refractivity contribution in [1.82, 2.24) is 10.3 Å². The van der Waals surface area contributed by atoms with E-state index in [0.717, 1.165) is 25.2 Å². The van der Waals surface area contributed by atoms with Gasteiger partial charge < -0.3 is 10.6 Å². The standard InChI is InChI=1S/C16H19N3/c1-12-6-8-18-11-16(12)19-15-7-9-17-10-13-4-2-3-5-14(13)15/h2-6,8,11,15,17,19H,7,9-10H2,1H3. The molecule has 98 valence electrons. The fourth-order valence-corrected chi connectivity index (χ4v) is 2.61. The summed E-state index contributed by atoms with van der Waals surface area (Å²) >= 11 is 0. The Bertz CT molecular complexity index is 565. The van der Waals surface area contributed by atoms with E-state index in [2.05, 4.69) is 46.8 Å². The molecule has 0 amide bonds. The van der Waals surface area contributed by atoms with Crippen LogP contribution in [0, 0.1) is 6.92 Å². The second-order valence-corrected chi connectivity index (χ2v) is 5.05. The Hall–Kier alpha value is -1.87. The average molecular weight is 253 g/mol. The number of rotatable bonds is 2. The van der Waals surface area contributed by atoms with Gasteiger partial charge in [-0.25, -0.2) is 0 Å². The molecule has 0 radical (unpaired) electrons. The second kappa shape index (κ2) is 5.41. The first-order valence-corrected chi connectivity index (χ1v) is 6.80. The molecule has 2 N–H and O–H groups in total. The van der Waals surface area contributed by atoms with E-state index in [1.54, 1.807) is 0 Å². The van der Waals surface area contributed by atoms with Crippen molar-refractivity contribution in [3.05, 3.63) is 59.4 Å². The van der Waals surface area contributed by atoms with Gasteiger partial charge in [0.05, 0.1) is 17.9 Å². The van der Waals surface area contributed by atoms with Crippen molar-refractivity contribution in [2.24, 2.45) is 0 Å². The van der Waals surface area contributed by atoms with Crippen LogP contribution < -0.4 is 10.6 Å². The summed E-state index contributed by atoms with van der Waals surface area (Å²) in [6.07, 6.45) is 4.84. The third-order valence-electron chi connectivity index (χ3n) is 3.72. The van der Waals surface area contributed by atoms with Crippen LogP contribution in [0.1, 0.15) is 29.2 Å². The van der Waals surface area contributed by atoms with Crippen LogP contribution >= 0.6 is 0 Å². The third-order valence-corrected chi connectivity index (χ3v) is 3.72. The predicted octanol–water partition coefficient (Wildman–Crippen LogP) is 3.04. The van der Waals surface area contributed by atoms with E-state index in [9.17, 15) is 0 Å². The van der Waals surface area contributed by atoms with Crippen LogP contribution in [-0.2, 0) is 6.54 Å². The number of nitrogens with zero attached hydrogens (tertiary/aromatic N) is 1. The summed E-state index contributed by atoms with van der Waals surface area (Å²) in [6, 6.07) is 11.1. The molecule has 3 nitrogen and oxygen atoms in total. The van der Waals surface area contributed by atoms with Crippen LogP contribution in [0.2, 0.25) is 0 Å². The lowest BCUT2D eigenvalue weighted by Crippen LogP contribution is -2.15. The van der Waals surface area contributed by atoms with Crippen LogP contribution in [0.3, 0.4) is 0 Å². The molecule has 2 heterocycles. The first-order valence-electron chi connectivity index (χ1n) is 6.80. The molecule has 0 spiro atoms.